The molecule has 1 aliphatic carbocycles. The highest BCUT2D eigenvalue weighted by molar-refractivity contribution is 5.98. The van der Waals surface area contributed by atoms with Crippen LogP contribution in [0, 0.1) is 12.8 Å². The van der Waals surface area contributed by atoms with Crippen molar-refractivity contribution in [1.29, 1.82) is 0 Å². The number of hydrogen-bond acceptors (Lipinski definition) is 8. The van der Waals surface area contributed by atoms with Gasteiger partial charge in [-0.1, -0.05) is 49.6 Å². The number of likely N-dealkylation sites (N-methyl/N-ethyl adjacent to an activating group) is 1. The number of nitrogens with zero attached hydrogens (tertiary/aromatic N) is 4. The van der Waals surface area contributed by atoms with Crippen molar-refractivity contribution in [3.8, 4) is 0 Å². The quantitative estimate of drug-likeness (QED) is 0.157. The van der Waals surface area contributed by atoms with E-state index in [4.69, 9.17) is 18.9 Å². The Morgan fingerprint density at radius 1 is 0.804 bits per heavy atom. The molecule has 2 fully saturated rings. The highest BCUT2D eigenvalue weighted by Crippen LogP contribution is 2.28. The Hall–Kier alpha value is -4.50. The number of piperazine rings is 1. The molecule has 4 amide bonds. The molecule has 2 atom stereocenters. The van der Waals surface area contributed by atoms with Gasteiger partial charge in [0.2, 0.25) is 11.8 Å². The highest BCUT2D eigenvalue weighted by Gasteiger charge is 2.37. The number of amides is 4. The van der Waals surface area contributed by atoms with E-state index >= 15 is 0 Å². The lowest BCUT2D eigenvalue weighted by Gasteiger charge is -2.39. The van der Waals surface area contributed by atoms with Crippen LogP contribution in [0.3, 0.4) is 0 Å². The lowest BCUT2D eigenvalue weighted by atomic mass is 9.83. The molecule has 2 heterocycles. The fraction of sp³-hybridized carbons (Fsp3) is 0.571. The van der Waals surface area contributed by atoms with Gasteiger partial charge in [-0.25, -0.2) is 4.79 Å². The maximum atomic E-state index is 13.9. The number of rotatable bonds is 20. The molecule has 56 heavy (non-hydrogen) atoms. The van der Waals surface area contributed by atoms with Crippen molar-refractivity contribution in [2.75, 3.05) is 79.5 Å². The van der Waals surface area contributed by atoms with Gasteiger partial charge in [0.15, 0.2) is 0 Å². The molecular formula is C42H59N5O9. The van der Waals surface area contributed by atoms with Gasteiger partial charge in [-0.2, -0.15) is 0 Å². The zero-order valence-electron chi connectivity index (χ0n) is 33.2. The van der Waals surface area contributed by atoms with Crippen LogP contribution >= 0.6 is 0 Å². The normalized spacial score (nSPS) is 16.1. The zero-order chi connectivity index (χ0) is 39.9. The molecule has 1 aliphatic heterocycles. The second-order valence-electron chi connectivity index (χ2n) is 14.7. The smallest absolute Gasteiger partial charge is 0.407 e. The van der Waals surface area contributed by atoms with Crippen LogP contribution in [-0.4, -0.2) is 140 Å². The zero-order valence-corrected chi connectivity index (χ0v) is 33.2. The van der Waals surface area contributed by atoms with Crippen LogP contribution in [0.2, 0.25) is 0 Å². The number of hydrogen-bond donors (Lipinski definition) is 2. The van der Waals surface area contributed by atoms with Crippen molar-refractivity contribution < 1.29 is 43.2 Å². The maximum Gasteiger partial charge on any atom is 0.407 e. The topological polar surface area (TPSA) is 152 Å². The molecule has 2 N–H and O–H groups in total. The number of aryl methyl sites for hydroxylation is 1. The van der Waals surface area contributed by atoms with Gasteiger partial charge in [0, 0.05) is 61.9 Å². The van der Waals surface area contributed by atoms with E-state index in [2.05, 4.69) is 16.0 Å². The van der Waals surface area contributed by atoms with E-state index in [-0.39, 0.29) is 17.7 Å². The van der Waals surface area contributed by atoms with Gasteiger partial charge in [0.25, 0.3) is 5.91 Å². The standard InChI is InChI=1S/C42H59N5O9/c1-31-28-36-29-35(14-15-37(36)47(31)20-21-53-22-23-54-24-25-55-26-27-56-30-33-10-6-4-7-11-33)40(49)45-16-18-46(19-17-45)41(50)38(34-12-8-5-9-13-34)43-39(48)32(2)44(3)42(51)52/h4,6-7,10-11,14-15,28-29,32,34,38H,5,8-9,12-13,16-27,30H2,1-3H3,(H,43,48)(H,51,52). The second-order valence-corrected chi connectivity index (χ2v) is 14.7. The molecule has 5 rings (SSSR count). The number of carbonyl (C=O) groups is 4. The number of fused-ring (bicyclic) bond motifs is 1. The lowest BCUT2D eigenvalue weighted by Crippen LogP contribution is -2.59. The molecule has 1 saturated carbocycles. The molecule has 1 aromatic heterocycles. The van der Waals surface area contributed by atoms with Crippen molar-refractivity contribution in [3.05, 3.63) is 71.4 Å². The first-order valence-corrected chi connectivity index (χ1v) is 19.9. The summed E-state index contributed by atoms with van der Waals surface area (Å²) in [5.74, 6) is -0.751. The fourth-order valence-corrected chi connectivity index (χ4v) is 7.39. The van der Waals surface area contributed by atoms with E-state index in [0.29, 0.717) is 91.1 Å². The van der Waals surface area contributed by atoms with Crippen LogP contribution in [0.1, 0.15) is 60.6 Å². The van der Waals surface area contributed by atoms with Crippen LogP contribution in [0.25, 0.3) is 10.9 Å². The Bertz CT molecular complexity index is 1720. The average molecular weight is 778 g/mol. The Morgan fingerprint density at radius 3 is 2.05 bits per heavy atom. The van der Waals surface area contributed by atoms with E-state index in [1.165, 1.54) is 14.0 Å². The lowest BCUT2D eigenvalue weighted by molar-refractivity contribution is -0.140. The van der Waals surface area contributed by atoms with E-state index in [9.17, 15) is 24.3 Å². The molecule has 0 radical (unpaired) electrons. The number of carbonyl (C=O) groups excluding carboxylic acids is 3. The van der Waals surface area contributed by atoms with Gasteiger partial charge < -0.3 is 43.7 Å². The first-order chi connectivity index (χ1) is 27.1. The summed E-state index contributed by atoms with van der Waals surface area (Å²) in [6, 6.07) is 16.2. The minimum atomic E-state index is -1.21. The van der Waals surface area contributed by atoms with Gasteiger partial charge >= 0.3 is 6.09 Å². The van der Waals surface area contributed by atoms with E-state index in [0.717, 1.165) is 59.2 Å². The minimum Gasteiger partial charge on any atom is -0.465 e. The van der Waals surface area contributed by atoms with Crippen LogP contribution in [0.15, 0.2) is 54.6 Å². The molecule has 306 valence electrons. The van der Waals surface area contributed by atoms with E-state index in [1.54, 1.807) is 9.80 Å². The maximum absolute atomic E-state index is 13.9. The average Bonchev–Trinajstić information content (AvgIpc) is 3.54. The third kappa shape index (κ3) is 12.0. The predicted octanol–water partition coefficient (Wildman–Crippen LogP) is 4.56. The van der Waals surface area contributed by atoms with Gasteiger partial charge in [-0.3, -0.25) is 19.3 Å². The van der Waals surface area contributed by atoms with Gasteiger partial charge in [0.1, 0.15) is 12.1 Å². The Kier molecular flexibility index (Phi) is 16.5. The number of nitrogens with one attached hydrogen (secondary N) is 1. The summed E-state index contributed by atoms with van der Waals surface area (Å²) in [7, 11) is 1.34. The largest absolute Gasteiger partial charge is 0.465 e. The van der Waals surface area contributed by atoms with Crippen molar-refractivity contribution in [2.45, 2.75) is 71.2 Å². The number of aromatic nitrogens is 1. The summed E-state index contributed by atoms with van der Waals surface area (Å²) in [6.45, 7) is 9.82. The molecular weight excluding hydrogens is 718 g/mol. The third-order valence-corrected chi connectivity index (χ3v) is 10.9. The van der Waals surface area contributed by atoms with Gasteiger partial charge in [-0.05, 0) is 62.4 Å². The summed E-state index contributed by atoms with van der Waals surface area (Å²) < 4.78 is 24.8. The number of ether oxygens (including phenoxy) is 4. The van der Waals surface area contributed by atoms with Crippen LogP contribution < -0.4 is 5.32 Å². The third-order valence-electron chi connectivity index (χ3n) is 10.9. The molecule has 0 spiro atoms. The molecule has 3 aromatic rings. The van der Waals surface area contributed by atoms with Crippen LogP contribution in [-0.2, 0) is 41.7 Å². The van der Waals surface area contributed by atoms with E-state index in [1.807, 2.05) is 55.5 Å². The van der Waals surface area contributed by atoms with E-state index < -0.39 is 24.1 Å². The first kappa shape index (κ1) is 42.6. The molecule has 14 heteroatoms. The van der Waals surface area contributed by atoms with Gasteiger partial charge in [-0.15, -0.1) is 0 Å². The molecule has 2 aromatic carbocycles. The van der Waals surface area contributed by atoms with Gasteiger partial charge in [0.05, 0.1) is 52.9 Å². The number of carboxylic acid groups (broad SMARTS) is 1. The predicted molar refractivity (Wildman–Crippen MR) is 211 cm³/mol. The fourth-order valence-electron chi connectivity index (χ4n) is 7.39. The van der Waals surface area contributed by atoms with Crippen LogP contribution in [0.5, 0.6) is 0 Å². The van der Waals surface area contributed by atoms with Crippen molar-refractivity contribution in [2.24, 2.45) is 5.92 Å². The minimum absolute atomic E-state index is 0.0109. The van der Waals surface area contributed by atoms with Crippen molar-refractivity contribution >= 4 is 34.7 Å². The molecule has 14 nitrogen and oxygen atoms in total. The first-order valence-electron chi connectivity index (χ1n) is 19.9. The summed E-state index contributed by atoms with van der Waals surface area (Å²) in [6.07, 6.45) is 3.51. The monoisotopic (exact) mass is 777 g/mol. The van der Waals surface area contributed by atoms with Crippen LogP contribution in [0.4, 0.5) is 4.79 Å². The summed E-state index contributed by atoms with van der Waals surface area (Å²) in [5.41, 5.74) is 3.84. The Balaban J connectivity index is 1.02. The Morgan fingerprint density at radius 2 is 1.41 bits per heavy atom. The SMILES string of the molecule is Cc1cc2cc(C(=O)N3CCN(C(=O)C(NC(=O)C(C)N(C)C(=O)O)C4CCCCC4)CC3)ccc2n1CCOCCOCCOCCOCc1ccccc1. The Labute approximate surface area is 330 Å². The molecule has 2 aliphatic rings. The second kappa shape index (κ2) is 21.7. The number of benzene rings is 2. The summed E-state index contributed by atoms with van der Waals surface area (Å²) >= 11 is 0. The van der Waals surface area contributed by atoms with Crippen molar-refractivity contribution in [3.63, 3.8) is 0 Å². The molecule has 1 saturated heterocycles. The van der Waals surface area contributed by atoms with Crippen molar-refractivity contribution in [1.82, 2.24) is 24.6 Å². The highest BCUT2D eigenvalue weighted by atomic mass is 16.6. The summed E-state index contributed by atoms with van der Waals surface area (Å²) in [4.78, 5) is 56.5. The molecule has 0 bridgehead atoms. The summed E-state index contributed by atoms with van der Waals surface area (Å²) in [5, 5.41) is 13.2. The molecule has 2 unspecified atom stereocenters.